The second-order valence-electron chi connectivity index (χ2n) is 3.61. The van der Waals surface area contributed by atoms with Crippen molar-refractivity contribution in [1.82, 2.24) is 0 Å². The van der Waals surface area contributed by atoms with E-state index in [0.717, 1.165) is 3.57 Å². The van der Waals surface area contributed by atoms with Crippen molar-refractivity contribution in [3.63, 3.8) is 0 Å². The minimum Gasteiger partial charge on any atom is -0.384 e. The molecule has 5 nitrogen and oxygen atoms in total. The zero-order chi connectivity index (χ0) is 13.6. The van der Waals surface area contributed by atoms with Crippen LogP contribution in [0.3, 0.4) is 0 Å². The molecule has 0 saturated carbocycles. The monoisotopic (exact) mass is 383 g/mol. The van der Waals surface area contributed by atoms with Crippen LogP contribution in [0.1, 0.15) is 0 Å². The number of hydrogen-bond acceptors (Lipinski definition) is 4. The first-order valence-electron chi connectivity index (χ1n) is 5.18. The van der Waals surface area contributed by atoms with Crippen molar-refractivity contribution in [2.75, 3.05) is 30.5 Å². The number of hydrogen-bond donors (Lipinski definition) is 1. The lowest BCUT2D eigenvalue weighted by Crippen LogP contribution is -2.26. The topological polar surface area (TPSA) is 72.5 Å². The van der Waals surface area contributed by atoms with Gasteiger partial charge in [0, 0.05) is 10.7 Å². The Labute approximate surface area is 120 Å². The number of carbonyl (C=O) groups excluding carboxylic acids is 1. The lowest BCUT2D eigenvalue weighted by molar-refractivity contribution is -0.113. The summed E-state index contributed by atoms with van der Waals surface area (Å²) >= 11 is 2.07. The summed E-state index contributed by atoms with van der Waals surface area (Å²) in [5.41, 5.74) is 0.616. The molecule has 0 aliphatic heterocycles. The fourth-order valence-corrected chi connectivity index (χ4v) is 2.79. The van der Waals surface area contributed by atoms with Gasteiger partial charge in [-0.15, -0.1) is 0 Å². The maximum Gasteiger partial charge on any atom is 0.239 e. The van der Waals surface area contributed by atoms with Crippen molar-refractivity contribution in [2.24, 2.45) is 0 Å². The fourth-order valence-electron chi connectivity index (χ4n) is 1.23. The molecule has 0 radical (unpaired) electrons. The first-order valence-corrected chi connectivity index (χ1v) is 8.08. The third kappa shape index (κ3) is 5.32. The van der Waals surface area contributed by atoms with E-state index in [0.29, 0.717) is 5.69 Å². The molecule has 0 saturated heterocycles. The van der Waals surface area contributed by atoms with Crippen LogP contribution < -0.4 is 5.32 Å². The van der Waals surface area contributed by atoms with Crippen LogP contribution in [-0.4, -0.2) is 39.5 Å². The highest BCUT2D eigenvalue weighted by Gasteiger charge is 2.16. The Morgan fingerprint density at radius 1 is 1.39 bits per heavy atom. The number of rotatable bonds is 6. The summed E-state index contributed by atoms with van der Waals surface area (Å²) in [6.07, 6.45) is 0. The zero-order valence-corrected chi connectivity index (χ0v) is 12.8. The van der Waals surface area contributed by atoms with Gasteiger partial charge in [0.2, 0.25) is 5.91 Å². The van der Waals surface area contributed by atoms with Gasteiger partial charge in [-0.3, -0.25) is 4.79 Å². The molecule has 0 bridgehead atoms. The summed E-state index contributed by atoms with van der Waals surface area (Å²) in [4.78, 5) is 11.6. The summed E-state index contributed by atoms with van der Waals surface area (Å²) in [6.45, 7) is 0.0957. The largest absolute Gasteiger partial charge is 0.384 e. The van der Waals surface area contributed by atoms with E-state index in [-0.39, 0.29) is 12.4 Å². The van der Waals surface area contributed by atoms with Crippen molar-refractivity contribution in [1.29, 1.82) is 0 Å². The molecule has 0 unspecified atom stereocenters. The summed E-state index contributed by atoms with van der Waals surface area (Å²) in [5.74, 6) is -1.21. The Morgan fingerprint density at radius 3 is 2.67 bits per heavy atom. The fraction of sp³-hybridized carbons (Fsp3) is 0.364. The van der Waals surface area contributed by atoms with Crippen LogP contribution in [0.4, 0.5) is 5.69 Å². The van der Waals surface area contributed by atoms with E-state index < -0.39 is 21.5 Å². The Kier molecular flexibility index (Phi) is 6.03. The highest BCUT2D eigenvalue weighted by molar-refractivity contribution is 14.1. The highest BCUT2D eigenvalue weighted by Crippen LogP contribution is 2.16. The lowest BCUT2D eigenvalue weighted by atomic mass is 10.3. The zero-order valence-electron chi connectivity index (χ0n) is 9.85. The molecule has 0 atom stereocenters. The van der Waals surface area contributed by atoms with Gasteiger partial charge in [-0.25, -0.2) is 8.42 Å². The Hall–Kier alpha value is -0.670. The van der Waals surface area contributed by atoms with Crippen LogP contribution in [0.15, 0.2) is 24.3 Å². The number of benzene rings is 1. The molecule has 1 aromatic carbocycles. The van der Waals surface area contributed by atoms with Crippen LogP contribution in [0.25, 0.3) is 0 Å². The molecule has 1 N–H and O–H groups in total. The van der Waals surface area contributed by atoms with Crippen molar-refractivity contribution >= 4 is 44.0 Å². The lowest BCUT2D eigenvalue weighted by Gasteiger charge is -2.07. The molecule has 0 aliphatic carbocycles. The smallest absolute Gasteiger partial charge is 0.239 e. The standard InChI is InChI=1S/C11H14INO4S/c1-17-6-7-18(15,16)8-11(14)13-10-5-3-2-4-9(10)12/h2-5H,6-8H2,1H3,(H,13,14). The van der Waals surface area contributed by atoms with E-state index >= 15 is 0 Å². The van der Waals surface area contributed by atoms with E-state index in [9.17, 15) is 13.2 Å². The maximum absolute atomic E-state index is 11.6. The first-order chi connectivity index (χ1) is 8.44. The number of sulfone groups is 1. The summed E-state index contributed by atoms with van der Waals surface area (Å²) in [5, 5.41) is 2.58. The molecule has 0 fully saturated rings. The average molecular weight is 383 g/mol. The molecular formula is C11H14INO4S. The van der Waals surface area contributed by atoms with E-state index in [1.807, 2.05) is 12.1 Å². The number of nitrogens with one attached hydrogen (secondary N) is 1. The highest BCUT2D eigenvalue weighted by atomic mass is 127. The summed E-state index contributed by atoms with van der Waals surface area (Å²) in [7, 11) is -2.00. The van der Waals surface area contributed by atoms with Crippen LogP contribution in [0, 0.1) is 3.57 Å². The average Bonchev–Trinajstić information content (AvgIpc) is 2.29. The van der Waals surface area contributed by atoms with E-state index in [1.54, 1.807) is 12.1 Å². The molecule has 0 aromatic heterocycles. The SMILES string of the molecule is COCCS(=O)(=O)CC(=O)Nc1ccccc1I. The number of halogens is 1. The van der Waals surface area contributed by atoms with Gasteiger partial charge in [-0.2, -0.15) is 0 Å². The van der Waals surface area contributed by atoms with Crippen LogP contribution in [0.5, 0.6) is 0 Å². The van der Waals surface area contributed by atoms with Crippen LogP contribution in [-0.2, 0) is 19.4 Å². The third-order valence-corrected chi connectivity index (χ3v) is 4.53. The molecule has 1 aromatic rings. The molecule has 18 heavy (non-hydrogen) atoms. The summed E-state index contributed by atoms with van der Waals surface area (Å²) in [6, 6.07) is 7.17. The van der Waals surface area contributed by atoms with Gasteiger partial charge in [0.15, 0.2) is 9.84 Å². The van der Waals surface area contributed by atoms with Gasteiger partial charge in [0.05, 0.1) is 18.0 Å². The molecule has 1 amide bonds. The van der Waals surface area contributed by atoms with Gasteiger partial charge in [0.25, 0.3) is 0 Å². The number of carbonyl (C=O) groups is 1. The van der Waals surface area contributed by atoms with Gasteiger partial charge in [-0.1, -0.05) is 12.1 Å². The predicted octanol–water partition coefficient (Wildman–Crippen LogP) is 1.29. The molecule has 1 rings (SSSR count). The quantitative estimate of drug-likeness (QED) is 0.752. The minimum absolute atomic E-state index is 0.0957. The number of amides is 1. The molecule has 100 valence electrons. The van der Waals surface area contributed by atoms with Gasteiger partial charge in [0.1, 0.15) is 5.75 Å². The minimum atomic E-state index is -3.42. The van der Waals surface area contributed by atoms with Gasteiger partial charge in [-0.05, 0) is 34.7 Å². The second kappa shape index (κ2) is 7.05. The third-order valence-electron chi connectivity index (χ3n) is 2.10. The number of para-hydroxylation sites is 1. The van der Waals surface area contributed by atoms with E-state index in [4.69, 9.17) is 0 Å². The molecular weight excluding hydrogens is 369 g/mol. The molecule has 0 spiro atoms. The molecule has 0 heterocycles. The first kappa shape index (κ1) is 15.4. The van der Waals surface area contributed by atoms with Crippen molar-refractivity contribution in [2.45, 2.75) is 0 Å². The summed E-state index contributed by atoms with van der Waals surface area (Å²) < 4.78 is 28.6. The van der Waals surface area contributed by atoms with Crippen LogP contribution >= 0.6 is 22.6 Å². The number of ether oxygens (including phenoxy) is 1. The molecule has 0 aliphatic rings. The normalized spacial score (nSPS) is 11.2. The predicted molar refractivity (Wildman–Crippen MR) is 78.3 cm³/mol. The second-order valence-corrected chi connectivity index (χ2v) is 6.96. The van der Waals surface area contributed by atoms with Gasteiger partial charge < -0.3 is 10.1 Å². The van der Waals surface area contributed by atoms with Crippen molar-refractivity contribution in [3.05, 3.63) is 27.8 Å². The Morgan fingerprint density at radius 2 is 2.06 bits per heavy atom. The maximum atomic E-state index is 11.6. The molecule has 7 heteroatoms. The van der Waals surface area contributed by atoms with Crippen LogP contribution in [0.2, 0.25) is 0 Å². The number of methoxy groups -OCH3 is 1. The van der Waals surface area contributed by atoms with Crippen molar-refractivity contribution in [3.8, 4) is 0 Å². The van der Waals surface area contributed by atoms with Gasteiger partial charge >= 0.3 is 0 Å². The van der Waals surface area contributed by atoms with E-state index in [2.05, 4.69) is 32.6 Å². The Bertz CT molecular complexity index is 516. The van der Waals surface area contributed by atoms with Crippen molar-refractivity contribution < 1.29 is 17.9 Å². The Balaban J connectivity index is 2.60. The van der Waals surface area contributed by atoms with E-state index in [1.165, 1.54) is 7.11 Å². The number of anilines is 1.